The summed E-state index contributed by atoms with van der Waals surface area (Å²) in [6.07, 6.45) is 4.26. The number of hydrogen-bond donors (Lipinski definition) is 2. The van der Waals surface area contributed by atoms with Crippen LogP contribution in [-0.4, -0.2) is 30.4 Å². The van der Waals surface area contributed by atoms with Gasteiger partial charge >= 0.3 is 0 Å². The molecule has 1 heterocycles. The molecule has 0 aromatic carbocycles. The molecule has 1 aromatic heterocycles. The van der Waals surface area contributed by atoms with E-state index in [1.165, 1.54) is 6.20 Å². The number of nitrogens with zero attached hydrogens (tertiary/aromatic N) is 1. The summed E-state index contributed by atoms with van der Waals surface area (Å²) in [4.78, 5) is 3.87. The average Bonchev–Trinajstić information content (AvgIpc) is 2.76. The molecule has 2 rings (SSSR count). The fourth-order valence-electron chi connectivity index (χ4n) is 2.34. The largest absolute Gasteiger partial charge is 0.396 e. The molecule has 7 heteroatoms. The first-order chi connectivity index (χ1) is 9.03. The van der Waals surface area contributed by atoms with E-state index in [1.807, 2.05) is 11.8 Å². The highest BCUT2D eigenvalue weighted by molar-refractivity contribution is 7.99. The monoisotopic (exact) mass is 301 g/mol. The van der Waals surface area contributed by atoms with Crippen LogP contribution in [0, 0.1) is 0 Å². The van der Waals surface area contributed by atoms with Gasteiger partial charge < -0.3 is 5.73 Å². The second-order valence-corrected chi connectivity index (χ2v) is 7.81. The molecule has 1 fully saturated rings. The van der Waals surface area contributed by atoms with E-state index in [2.05, 4.69) is 16.6 Å². The summed E-state index contributed by atoms with van der Waals surface area (Å²) < 4.78 is 27.1. The Morgan fingerprint density at radius 3 is 3.00 bits per heavy atom. The zero-order chi connectivity index (χ0) is 13.9. The molecule has 0 saturated heterocycles. The van der Waals surface area contributed by atoms with E-state index < -0.39 is 10.0 Å². The molecular weight excluding hydrogens is 282 g/mol. The van der Waals surface area contributed by atoms with Crippen LogP contribution in [0.5, 0.6) is 0 Å². The number of thioether (sulfide) groups is 1. The fourth-order valence-corrected chi connectivity index (χ4v) is 4.82. The normalized spacial score (nSPS) is 23.6. The molecule has 1 aromatic rings. The zero-order valence-electron chi connectivity index (χ0n) is 10.9. The van der Waals surface area contributed by atoms with Crippen LogP contribution in [0.3, 0.4) is 0 Å². The highest BCUT2D eigenvalue weighted by Gasteiger charge is 2.29. The zero-order valence-corrected chi connectivity index (χ0v) is 12.5. The lowest BCUT2D eigenvalue weighted by molar-refractivity contribution is 0.550. The summed E-state index contributed by atoms with van der Waals surface area (Å²) >= 11 is 1.89. The summed E-state index contributed by atoms with van der Waals surface area (Å²) in [5.41, 5.74) is 5.86. The molecule has 0 bridgehead atoms. The Labute approximate surface area is 118 Å². The third-order valence-electron chi connectivity index (χ3n) is 3.16. The van der Waals surface area contributed by atoms with Gasteiger partial charge in [-0.3, -0.25) is 0 Å². The van der Waals surface area contributed by atoms with Crippen molar-refractivity contribution in [1.82, 2.24) is 9.71 Å². The number of pyridine rings is 1. The Hall–Kier alpha value is -0.790. The first kappa shape index (κ1) is 14.6. The second kappa shape index (κ2) is 6.11. The minimum atomic E-state index is -3.61. The molecule has 1 aliphatic carbocycles. The molecule has 5 nitrogen and oxygen atoms in total. The molecule has 3 N–H and O–H groups in total. The molecule has 106 valence electrons. The van der Waals surface area contributed by atoms with Crippen molar-refractivity contribution in [3.8, 4) is 0 Å². The number of rotatable bonds is 5. The van der Waals surface area contributed by atoms with Gasteiger partial charge in [0.15, 0.2) is 5.03 Å². The van der Waals surface area contributed by atoms with Crippen molar-refractivity contribution >= 4 is 27.5 Å². The van der Waals surface area contributed by atoms with Crippen LogP contribution in [0.25, 0.3) is 0 Å². The predicted molar refractivity (Wildman–Crippen MR) is 78.5 cm³/mol. The number of sulfonamides is 1. The number of nitrogens with one attached hydrogen (secondary N) is 1. The Morgan fingerprint density at radius 1 is 1.53 bits per heavy atom. The molecular formula is C12H19N3O2S2. The molecule has 0 spiro atoms. The van der Waals surface area contributed by atoms with Crippen LogP contribution in [0.2, 0.25) is 0 Å². The van der Waals surface area contributed by atoms with Crippen LogP contribution in [0.15, 0.2) is 23.4 Å². The van der Waals surface area contributed by atoms with Crippen molar-refractivity contribution in [3.05, 3.63) is 18.3 Å². The Morgan fingerprint density at radius 2 is 2.32 bits per heavy atom. The van der Waals surface area contributed by atoms with Gasteiger partial charge in [0.2, 0.25) is 0 Å². The van der Waals surface area contributed by atoms with E-state index in [-0.39, 0.29) is 16.8 Å². The maximum absolute atomic E-state index is 12.2. The number of hydrogen-bond acceptors (Lipinski definition) is 5. The average molecular weight is 301 g/mol. The lowest BCUT2D eigenvalue weighted by Crippen LogP contribution is -2.34. The quantitative estimate of drug-likeness (QED) is 0.863. The summed E-state index contributed by atoms with van der Waals surface area (Å²) in [6.45, 7) is 2.12. The van der Waals surface area contributed by atoms with Gasteiger partial charge in [0.1, 0.15) is 0 Å². The highest BCUT2D eigenvalue weighted by Crippen LogP contribution is 2.30. The van der Waals surface area contributed by atoms with Crippen molar-refractivity contribution in [3.63, 3.8) is 0 Å². The van der Waals surface area contributed by atoms with Gasteiger partial charge in [-0.25, -0.2) is 18.1 Å². The van der Waals surface area contributed by atoms with E-state index in [9.17, 15) is 8.42 Å². The molecule has 0 aliphatic heterocycles. The SMILES string of the molecule is CCSC1CCC(NS(=O)(=O)c2ncccc2N)C1. The van der Waals surface area contributed by atoms with Crippen LogP contribution in [0.1, 0.15) is 26.2 Å². The Kier molecular flexibility index (Phi) is 4.70. The Balaban J connectivity index is 2.05. The Bertz CT molecular complexity index is 534. The smallest absolute Gasteiger partial charge is 0.260 e. The van der Waals surface area contributed by atoms with Crippen molar-refractivity contribution in [2.45, 2.75) is 42.5 Å². The third-order valence-corrected chi connectivity index (χ3v) is 5.89. The minimum absolute atomic E-state index is 0.00421. The lowest BCUT2D eigenvalue weighted by atomic mass is 10.3. The number of nitrogen functional groups attached to an aromatic ring is 1. The molecule has 0 amide bonds. The van der Waals surface area contributed by atoms with Crippen molar-refractivity contribution in [2.75, 3.05) is 11.5 Å². The van der Waals surface area contributed by atoms with E-state index in [0.29, 0.717) is 5.25 Å². The molecule has 19 heavy (non-hydrogen) atoms. The molecule has 1 saturated carbocycles. The van der Waals surface area contributed by atoms with E-state index >= 15 is 0 Å². The number of aromatic nitrogens is 1. The first-order valence-corrected chi connectivity index (χ1v) is 8.90. The van der Waals surface area contributed by atoms with Gasteiger partial charge in [0.25, 0.3) is 10.0 Å². The van der Waals surface area contributed by atoms with Crippen LogP contribution in [-0.2, 0) is 10.0 Å². The summed E-state index contributed by atoms with van der Waals surface area (Å²) in [7, 11) is -3.61. The molecule has 1 aliphatic rings. The van der Waals surface area contributed by atoms with Crippen LogP contribution in [0.4, 0.5) is 5.69 Å². The minimum Gasteiger partial charge on any atom is -0.396 e. The van der Waals surface area contributed by atoms with Crippen molar-refractivity contribution < 1.29 is 8.42 Å². The van der Waals surface area contributed by atoms with Gasteiger partial charge in [0, 0.05) is 17.5 Å². The number of nitrogens with two attached hydrogens (primary N) is 1. The van der Waals surface area contributed by atoms with Crippen LogP contribution >= 0.6 is 11.8 Å². The molecule has 2 unspecified atom stereocenters. The first-order valence-electron chi connectivity index (χ1n) is 6.37. The fraction of sp³-hybridized carbons (Fsp3) is 0.583. The van der Waals surface area contributed by atoms with E-state index in [1.54, 1.807) is 12.1 Å². The van der Waals surface area contributed by atoms with Crippen molar-refractivity contribution in [2.24, 2.45) is 0 Å². The van der Waals surface area contributed by atoms with Crippen LogP contribution < -0.4 is 10.5 Å². The van der Waals surface area contributed by atoms with Gasteiger partial charge in [0.05, 0.1) is 5.69 Å². The van der Waals surface area contributed by atoms with Gasteiger partial charge in [-0.15, -0.1) is 0 Å². The third kappa shape index (κ3) is 3.61. The highest BCUT2D eigenvalue weighted by atomic mass is 32.2. The van der Waals surface area contributed by atoms with Crippen molar-refractivity contribution in [1.29, 1.82) is 0 Å². The number of anilines is 1. The maximum atomic E-state index is 12.2. The summed E-state index contributed by atoms with van der Waals surface area (Å²) in [6, 6.07) is 3.17. The van der Waals surface area contributed by atoms with Gasteiger partial charge in [-0.2, -0.15) is 11.8 Å². The molecule has 2 atom stereocenters. The van der Waals surface area contributed by atoms with Gasteiger partial charge in [-0.1, -0.05) is 6.92 Å². The second-order valence-electron chi connectivity index (χ2n) is 4.61. The van der Waals surface area contributed by atoms with E-state index in [4.69, 9.17) is 5.73 Å². The summed E-state index contributed by atoms with van der Waals surface area (Å²) in [5.74, 6) is 1.07. The van der Waals surface area contributed by atoms with Gasteiger partial charge in [-0.05, 0) is 37.1 Å². The summed E-state index contributed by atoms with van der Waals surface area (Å²) in [5, 5.41) is 0.486. The topological polar surface area (TPSA) is 85.1 Å². The molecule has 0 radical (unpaired) electrons. The standard InChI is InChI=1S/C12H19N3O2S2/c1-2-18-10-6-5-9(8-10)15-19(16,17)12-11(13)4-3-7-14-12/h3-4,7,9-10,15H,2,5-6,8,13H2,1H3. The predicted octanol–water partition coefficient (Wildman–Crippen LogP) is 1.62. The van der Waals surface area contributed by atoms with E-state index in [0.717, 1.165) is 25.0 Å². The maximum Gasteiger partial charge on any atom is 0.260 e. The lowest BCUT2D eigenvalue weighted by Gasteiger charge is -2.13.